The molecule has 130 valence electrons. The van der Waals surface area contributed by atoms with E-state index in [1.54, 1.807) is 0 Å². The maximum absolute atomic E-state index is 11.9. The summed E-state index contributed by atoms with van der Waals surface area (Å²) in [7, 11) is 0. The predicted octanol–water partition coefficient (Wildman–Crippen LogP) is 3.37. The lowest BCUT2D eigenvalue weighted by Gasteiger charge is -2.05. The van der Waals surface area contributed by atoms with Crippen LogP contribution in [0.2, 0.25) is 0 Å². The van der Waals surface area contributed by atoms with Gasteiger partial charge in [0.1, 0.15) is 0 Å². The number of phenolic OH excluding ortho intramolecular Hbond substituents is 1. The van der Waals surface area contributed by atoms with Crippen molar-refractivity contribution in [2.75, 3.05) is 0 Å². The van der Waals surface area contributed by atoms with E-state index in [1.165, 1.54) is 12.1 Å². The molecule has 0 aliphatic carbocycles. The molecule has 0 spiro atoms. The zero-order valence-electron chi connectivity index (χ0n) is 13.6. The van der Waals surface area contributed by atoms with Gasteiger partial charge in [0.2, 0.25) is 11.7 Å². The monoisotopic (exact) mass is 405 g/mol. The summed E-state index contributed by atoms with van der Waals surface area (Å²) < 4.78 is 0.417. The van der Waals surface area contributed by atoms with Gasteiger partial charge in [-0.15, -0.1) is 0 Å². The van der Waals surface area contributed by atoms with Crippen LogP contribution in [0.3, 0.4) is 0 Å². The molecule has 0 aromatic heterocycles. The zero-order valence-corrected chi connectivity index (χ0v) is 15.2. The number of nitro benzene ring substituents is 1. The number of halogens is 1. The maximum atomic E-state index is 11.9. The number of aryl methyl sites for hydroxylation is 2. The quantitative estimate of drug-likeness (QED) is 0.451. The molecule has 0 heterocycles. The molecule has 2 rings (SSSR count). The summed E-state index contributed by atoms with van der Waals surface area (Å²) in [6.07, 6.45) is 1.31. The second-order valence-corrected chi connectivity index (χ2v) is 6.42. The van der Waals surface area contributed by atoms with E-state index in [4.69, 9.17) is 0 Å². The first-order valence-electron chi connectivity index (χ1n) is 7.33. The lowest BCUT2D eigenvalue weighted by Crippen LogP contribution is -2.19. The van der Waals surface area contributed by atoms with Crippen LogP contribution in [0.15, 0.2) is 39.9 Å². The van der Waals surface area contributed by atoms with Gasteiger partial charge in [-0.3, -0.25) is 14.9 Å². The Morgan fingerprint density at radius 2 is 2.04 bits per heavy atom. The molecule has 2 aromatic carbocycles. The van der Waals surface area contributed by atoms with E-state index in [-0.39, 0.29) is 17.9 Å². The number of nitrogens with one attached hydrogen (secondary N) is 1. The van der Waals surface area contributed by atoms with Gasteiger partial charge >= 0.3 is 5.69 Å². The number of amides is 1. The molecule has 0 saturated heterocycles. The van der Waals surface area contributed by atoms with Crippen LogP contribution in [0.4, 0.5) is 5.69 Å². The van der Waals surface area contributed by atoms with Crippen LogP contribution in [-0.4, -0.2) is 22.2 Å². The first-order valence-corrected chi connectivity index (χ1v) is 8.12. The van der Waals surface area contributed by atoms with E-state index < -0.39 is 16.4 Å². The zero-order chi connectivity index (χ0) is 18.6. The summed E-state index contributed by atoms with van der Waals surface area (Å²) in [5, 5.41) is 24.5. The summed E-state index contributed by atoms with van der Waals surface area (Å²) in [6, 6.07) is 8.39. The van der Waals surface area contributed by atoms with Gasteiger partial charge in [-0.1, -0.05) is 34.1 Å². The first kappa shape index (κ1) is 18.6. The highest BCUT2D eigenvalue weighted by Crippen LogP contribution is 2.32. The fourth-order valence-corrected chi connectivity index (χ4v) is 2.62. The van der Waals surface area contributed by atoms with Crippen molar-refractivity contribution in [3.63, 3.8) is 0 Å². The Labute approximate surface area is 152 Å². The minimum atomic E-state index is -0.699. The van der Waals surface area contributed by atoms with Crippen molar-refractivity contribution in [1.29, 1.82) is 0 Å². The molecule has 0 bridgehead atoms. The lowest BCUT2D eigenvalue weighted by atomic mass is 10.0. The molecule has 0 aliphatic heterocycles. The topological polar surface area (TPSA) is 105 Å². The van der Waals surface area contributed by atoms with E-state index in [9.17, 15) is 20.0 Å². The number of benzene rings is 2. The molecular weight excluding hydrogens is 390 g/mol. The minimum Gasteiger partial charge on any atom is -0.502 e. The molecule has 2 N–H and O–H groups in total. The molecule has 0 fully saturated rings. The summed E-state index contributed by atoms with van der Waals surface area (Å²) in [5.41, 5.74) is 5.12. The maximum Gasteiger partial charge on any atom is 0.312 e. The Morgan fingerprint density at radius 1 is 1.32 bits per heavy atom. The summed E-state index contributed by atoms with van der Waals surface area (Å²) >= 11 is 3.13. The molecule has 8 heteroatoms. The van der Waals surface area contributed by atoms with Gasteiger partial charge in [-0.2, -0.15) is 5.10 Å². The van der Waals surface area contributed by atoms with E-state index in [2.05, 4.69) is 26.5 Å². The first-order chi connectivity index (χ1) is 11.8. The van der Waals surface area contributed by atoms with Crippen LogP contribution in [0.25, 0.3) is 0 Å². The van der Waals surface area contributed by atoms with Gasteiger partial charge in [-0.05, 0) is 36.6 Å². The van der Waals surface area contributed by atoms with Crippen molar-refractivity contribution in [3.05, 3.63) is 67.2 Å². The molecule has 2 aromatic rings. The van der Waals surface area contributed by atoms with Crippen LogP contribution in [0.5, 0.6) is 5.75 Å². The van der Waals surface area contributed by atoms with Gasteiger partial charge in [0.25, 0.3) is 0 Å². The number of hydrogen-bond acceptors (Lipinski definition) is 5. The second-order valence-electron chi connectivity index (χ2n) is 5.51. The van der Waals surface area contributed by atoms with Crippen LogP contribution in [0, 0.1) is 24.0 Å². The number of nitro groups is 1. The lowest BCUT2D eigenvalue weighted by molar-refractivity contribution is -0.385. The molecule has 1 amide bonds. The van der Waals surface area contributed by atoms with Crippen LogP contribution in [0.1, 0.15) is 22.3 Å². The van der Waals surface area contributed by atoms with Crippen molar-refractivity contribution >= 4 is 33.7 Å². The Kier molecular flexibility index (Phi) is 5.87. The SMILES string of the molecule is Cc1ccc(CC(=O)N/N=C\c2cc(Br)cc([N+](=O)[O-])c2O)cc1C. The molecule has 0 radical (unpaired) electrons. The van der Waals surface area contributed by atoms with Crippen molar-refractivity contribution in [2.45, 2.75) is 20.3 Å². The Morgan fingerprint density at radius 3 is 2.68 bits per heavy atom. The van der Waals surface area contributed by atoms with Crippen LogP contribution >= 0.6 is 15.9 Å². The highest BCUT2D eigenvalue weighted by Gasteiger charge is 2.17. The normalized spacial score (nSPS) is 10.8. The number of carbonyl (C=O) groups excluding carboxylic acids is 1. The average Bonchev–Trinajstić information content (AvgIpc) is 2.53. The highest BCUT2D eigenvalue weighted by molar-refractivity contribution is 9.10. The molecule has 25 heavy (non-hydrogen) atoms. The number of carbonyl (C=O) groups is 1. The van der Waals surface area contributed by atoms with Gasteiger partial charge in [0, 0.05) is 16.1 Å². The number of phenols is 1. The smallest absolute Gasteiger partial charge is 0.312 e. The molecular formula is C17H16BrN3O4. The fraction of sp³-hybridized carbons (Fsp3) is 0.176. The highest BCUT2D eigenvalue weighted by atomic mass is 79.9. The molecule has 0 atom stereocenters. The average molecular weight is 406 g/mol. The van der Waals surface area contributed by atoms with Gasteiger partial charge in [0.05, 0.1) is 17.6 Å². The number of rotatable bonds is 5. The van der Waals surface area contributed by atoms with Crippen LogP contribution < -0.4 is 5.43 Å². The van der Waals surface area contributed by atoms with Gasteiger partial charge in [0.15, 0.2) is 0 Å². The summed E-state index contributed by atoms with van der Waals surface area (Å²) in [4.78, 5) is 22.1. The summed E-state index contributed by atoms with van der Waals surface area (Å²) in [5.74, 6) is -0.844. The Balaban J connectivity index is 2.06. The molecule has 0 aliphatic rings. The fourth-order valence-electron chi connectivity index (χ4n) is 2.16. The number of hydrazone groups is 1. The van der Waals surface area contributed by atoms with Gasteiger partial charge in [-0.25, -0.2) is 5.43 Å². The van der Waals surface area contributed by atoms with Gasteiger partial charge < -0.3 is 5.11 Å². The third-order valence-corrected chi connectivity index (χ3v) is 4.07. The Bertz CT molecular complexity index is 865. The molecule has 0 unspecified atom stereocenters. The van der Waals surface area contributed by atoms with Crippen molar-refractivity contribution in [3.8, 4) is 5.75 Å². The largest absolute Gasteiger partial charge is 0.502 e. The van der Waals surface area contributed by atoms with Crippen molar-refractivity contribution in [2.24, 2.45) is 5.10 Å². The van der Waals surface area contributed by atoms with E-state index in [0.717, 1.165) is 22.9 Å². The molecule has 7 nitrogen and oxygen atoms in total. The van der Waals surface area contributed by atoms with E-state index in [1.807, 2.05) is 32.0 Å². The summed E-state index contributed by atoms with van der Waals surface area (Å²) in [6.45, 7) is 3.96. The third kappa shape index (κ3) is 4.87. The van der Waals surface area contributed by atoms with Crippen molar-refractivity contribution < 1.29 is 14.8 Å². The van der Waals surface area contributed by atoms with E-state index >= 15 is 0 Å². The third-order valence-electron chi connectivity index (χ3n) is 3.61. The van der Waals surface area contributed by atoms with Crippen LogP contribution in [-0.2, 0) is 11.2 Å². The van der Waals surface area contributed by atoms with E-state index in [0.29, 0.717) is 4.47 Å². The Hall–Kier alpha value is -2.74. The van der Waals surface area contributed by atoms with Crippen molar-refractivity contribution in [1.82, 2.24) is 5.43 Å². The second kappa shape index (κ2) is 7.89. The number of hydrogen-bond donors (Lipinski definition) is 2. The number of aromatic hydroxyl groups is 1. The standard InChI is InChI=1S/C17H16BrN3O4/c1-10-3-4-12(5-11(10)2)6-16(22)20-19-9-13-7-14(18)8-15(17(13)23)21(24)25/h3-5,7-9,23H,6H2,1-2H3,(H,20,22)/b19-9-. The number of nitrogens with zero attached hydrogens (tertiary/aromatic N) is 2. The predicted molar refractivity (Wildman–Crippen MR) is 97.8 cm³/mol. The minimum absolute atomic E-state index is 0.118. The molecule has 0 saturated carbocycles.